The monoisotopic (exact) mass is 383 g/mol. The van der Waals surface area contributed by atoms with Gasteiger partial charge < -0.3 is 34.8 Å². The second kappa shape index (κ2) is 9.65. The highest BCUT2D eigenvalue weighted by atomic mass is 16.7. The molecule has 0 radical (unpaired) electrons. The first-order valence-corrected chi connectivity index (χ1v) is 8.71. The van der Waals surface area contributed by atoms with Gasteiger partial charge >= 0.3 is 5.97 Å². The van der Waals surface area contributed by atoms with E-state index in [9.17, 15) is 24.9 Å². The second-order valence-electron chi connectivity index (χ2n) is 6.27. The van der Waals surface area contributed by atoms with Crippen molar-refractivity contribution in [2.75, 3.05) is 11.9 Å². The smallest absolute Gasteiger partial charge is 0.305 e. The first-order chi connectivity index (χ1) is 12.8. The second-order valence-corrected chi connectivity index (χ2v) is 6.27. The first kappa shape index (κ1) is 21.1. The number of amides is 1. The number of carbonyl (C=O) groups excluding carboxylic acids is 2. The Labute approximate surface area is 156 Å². The van der Waals surface area contributed by atoms with Gasteiger partial charge in [-0.3, -0.25) is 9.59 Å². The molecule has 0 aromatic heterocycles. The number of esters is 1. The van der Waals surface area contributed by atoms with Crippen LogP contribution in [0, 0.1) is 0 Å². The van der Waals surface area contributed by atoms with Crippen LogP contribution in [0.25, 0.3) is 0 Å². The van der Waals surface area contributed by atoms with E-state index in [1.54, 1.807) is 24.3 Å². The SMILES string of the molecule is CCCC(=O)OCC1OC(Oc2ccc(NC(C)=O)cc2)C(O)C(O)C1O. The van der Waals surface area contributed by atoms with Crippen molar-refractivity contribution in [3.05, 3.63) is 24.3 Å². The molecule has 5 atom stereocenters. The molecular weight excluding hydrogens is 358 g/mol. The van der Waals surface area contributed by atoms with E-state index >= 15 is 0 Å². The number of hydrogen-bond donors (Lipinski definition) is 4. The molecule has 1 heterocycles. The third-order valence-corrected chi connectivity index (χ3v) is 3.96. The molecule has 9 heteroatoms. The van der Waals surface area contributed by atoms with Crippen LogP contribution in [-0.4, -0.2) is 64.5 Å². The van der Waals surface area contributed by atoms with E-state index in [1.165, 1.54) is 6.92 Å². The molecule has 1 aliphatic heterocycles. The molecular formula is C18H25NO8. The third kappa shape index (κ3) is 5.90. The number of rotatable bonds is 7. The van der Waals surface area contributed by atoms with Crippen LogP contribution in [0.5, 0.6) is 5.75 Å². The Bertz CT molecular complexity index is 635. The van der Waals surface area contributed by atoms with Crippen molar-refractivity contribution < 1.29 is 39.1 Å². The van der Waals surface area contributed by atoms with Gasteiger partial charge in [0.05, 0.1) is 0 Å². The van der Waals surface area contributed by atoms with Gasteiger partial charge in [-0.15, -0.1) is 0 Å². The summed E-state index contributed by atoms with van der Waals surface area (Å²) < 4.78 is 16.0. The maximum absolute atomic E-state index is 11.5. The predicted octanol–water partition coefficient (Wildman–Crippen LogP) is 0.175. The highest BCUT2D eigenvalue weighted by Gasteiger charge is 2.45. The summed E-state index contributed by atoms with van der Waals surface area (Å²) in [5.41, 5.74) is 0.566. The zero-order valence-electron chi connectivity index (χ0n) is 15.2. The zero-order chi connectivity index (χ0) is 20.0. The number of carbonyl (C=O) groups is 2. The number of aliphatic hydroxyl groups excluding tert-OH is 3. The van der Waals surface area contributed by atoms with Crippen LogP contribution in [0.3, 0.4) is 0 Å². The van der Waals surface area contributed by atoms with Crippen molar-refractivity contribution in [3.8, 4) is 5.75 Å². The molecule has 1 fully saturated rings. The lowest BCUT2D eigenvalue weighted by Crippen LogP contribution is -2.60. The number of ether oxygens (including phenoxy) is 3. The minimum atomic E-state index is -1.53. The van der Waals surface area contributed by atoms with Crippen molar-refractivity contribution in [3.63, 3.8) is 0 Å². The van der Waals surface area contributed by atoms with Crippen molar-refractivity contribution in [2.24, 2.45) is 0 Å². The zero-order valence-corrected chi connectivity index (χ0v) is 15.2. The summed E-state index contributed by atoms with van der Waals surface area (Å²) in [6, 6.07) is 6.30. The van der Waals surface area contributed by atoms with Gasteiger partial charge in [0.2, 0.25) is 12.2 Å². The Kier molecular flexibility index (Phi) is 7.55. The summed E-state index contributed by atoms with van der Waals surface area (Å²) in [6.45, 7) is 2.94. The van der Waals surface area contributed by atoms with Gasteiger partial charge in [0.25, 0.3) is 0 Å². The fourth-order valence-corrected chi connectivity index (χ4v) is 2.56. The molecule has 27 heavy (non-hydrogen) atoms. The van der Waals surface area contributed by atoms with Gasteiger partial charge in [-0.1, -0.05) is 6.92 Å². The van der Waals surface area contributed by atoms with Gasteiger partial charge in [-0.2, -0.15) is 0 Å². The van der Waals surface area contributed by atoms with Crippen LogP contribution >= 0.6 is 0 Å². The van der Waals surface area contributed by atoms with Crippen molar-refractivity contribution in [2.45, 2.75) is 57.4 Å². The van der Waals surface area contributed by atoms with Crippen molar-refractivity contribution >= 4 is 17.6 Å². The molecule has 1 aromatic carbocycles. The van der Waals surface area contributed by atoms with E-state index < -0.39 is 36.7 Å². The molecule has 1 aromatic rings. The molecule has 4 N–H and O–H groups in total. The fraction of sp³-hybridized carbons (Fsp3) is 0.556. The molecule has 5 unspecified atom stereocenters. The minimum Gasteiger partial charge on any atom is -0.463 e. The van der Waals surface area contributed by atoms with E-state index in [0.717, 1.165) is 0 Å². The first-order valence-electron chi connectivity index (χ1n) is 8.71. The molecule has 0 aliphatic carbocycles. The van der Waals surface area contributed by atoms with E-state index in [0.29, 0.717) is 17.9 Å². The molecule has 1 aliphatic rings. The maximum Gasteiger partial charge on any atom is 0.305 e. The van der Waals surface area contributed by atoms with Gasteiger partial charge in [0, 0.05) is 19.0 Å². The highest BCUT2D eigenvalue weighted by molar-refractivity contribution is 5.88. The molecule has 1 amide bonds. The Morgan fingerprint density at radius 2 is 1.78 bits per heavy atom. The molecule has 9 nitrogen and oxygen atoms in total. The largest absolute Gasteiger partial charge is 0.463 e. The Morgan fingerprint density at radius 3 is 2.37 bits per heavy atom. The van der Waals surface area contributed by atoms with Crippen LogP contribution in [0.2, 0.25) is 0 Å². The van der Waals surface area contributed by atoms with Gasteiger partial charge in [0.1, 0.15) is 36.8 Å². The number of nitrogens with one attached hydrogen (secondary N) is 1. The summed E-state index contributed by atoms with van der Waals surface area (Å²) in [4.78, 5) is 22.5. The lowest BCUT2D eigenvalue weighted by Gasteiger charge is -2.39. The van der Waals surface area contributed by atoms with Crippen LogP contribution < -0.4 is 10.1 Å². The summed E-state index contributed by atoms with van der Waals surface area (Å²) >= 11 is 0. The fourth-order valence-electron chi connectivity index (χ4n) is 2.56. The molecule has 0 spiro atoms. The van der Waals surface area contributed by atoms with Crippen molar-refractivity contribution in [1.29, 1.82) is 0 Å². The number of anilines is 1. The average Bonchev–Trinajstić information content (AvgIpc) is 2.62. The van der Waals surface area contributed by atoms with E-state index in [4.69, 9.17) is 14.2 Å². The molecule has 150 valence electrons. The summed E-state index contributed by atoms with van der Waals surface area (Å²) in [7, 11) is 0. The van der Waals surface area contributed by atoms with Crippen LogP contribution in [0.15, 0.2) is 24.3 Å². The summed E-state index contributed by atoms with van der Waals surface area (Å²) in [5, 5.41) is 32.8. The molecule has 0 bridgehead atoms. The van der Waals surface area contributed by atoms with Crippen molar-refractivity contribution in [1.82, 2.24) is 0 Å². The number of benzene rings is 1. The van der Waals surface area contributed by atoms with Crippen LogP contribution in [0.4, 0.5) is 5.69 Å². The van der Waals surface area contributed by atoms with E-state index in [-0.39, 0.29) is 18.9 Å². The number of aliphatic hydroxyl groups is 3. The summed E-state index contributed by atoms with van der Waals surface area (Å²) in [5.74, 6) is -0.342. The normalized spacial score (nSPS) is 27.7. The maximum atomic E-state index is 11.5. The number of hydrogen-bond acceptors (Lipinski definition) is 8. The van der Waals surface area contributed by atoms with Crippen LogP contribution in [-0.2, 0) is 19.1 Å². The van der Waals surface area contributed by atoms with E-state index in [2.05, 4.69) is 5.32 Å². The topological polar surface area (TPSA) is 135 Å². The van der Waals surface area contributed by atoms with Gasteiger partial charge in [0.15, 0.2) is 0 Å². The minimum absolute atomic E-state index is 0.215. The molecule has 0 saturated carbocycles. The lowest BCUT2D eigenvalue weighted by molar-refractivity contribution is -0.278. The van der Waals surface area contributed by atoms with Gasteiger partial charge in [-0.05, 0) is 30.7 Å². The standard InChI is InChI=1S/C18H25NO8/c1-3-4-14(21)25-9-13-15(22)16(23)17(24)18(27-13)26-12-7-5-11(6-8-12)19-10(2)20/h5-8,13,15-18,22-24H,3-4,9H2,1-2H3,(H,19,20). The lowest BCUT2D eigenvalue weighted by atomic mass is 9.99. The molecule has 1 saturated heterocycles. The Balaban J connectivity index is 1.99. The Hall–Kier alpha value is -2.20. The quantitative estimate of drug-likeness (QED) is 0.490. The molecule has 2 rings (SSSR count). The highest BCUT2D eigenvalue weighted by Crippen LogP contribution is 2.25. The van der Waals surface area contributed by atoms with Gasteiger partial charge in [-0.25, -0.2) is 0 Å². The Morgan fingerprint density at radius 1 is 1.11 bits per heavy atom. The van der Waals surface area contributed by atoms with Crippen LogP contribution in [0.1, 0.15) is 26.7 Å². The van der Waals surface area contributed by atoms with E-state index in [1.807, 2.05) is 6.92 Å². The predicted molar refractivity (Wildman–Crippen MR) is 93.9 cm³/mol. The average molecular weight is 383 g/mol. The third-order valence-electron chi connectivity index (χ3n) is 3.96. The summed E-state index contributed by atoms with van der Waals surface area (Å²) in [6.07, 6.45) is -5.94.